The standard InChI is InChI=1S/C12H14N2O4S3/c1-20(15,16)9-13-10-4-2-5-11(8-10)14-21(17,18)12-6-3-7-19-12/h2-8,13-14H,9H2,1H3. The van der Waals surface area contributed by atoms with Gasteiger partial charge in [-0.25, -0.2) is 16.8 Å². The van der Waals surface area contributed by atoms with Crippen LogP contribution in [0.15, 0.2) is 46.0 Å². The normalized spacial score (nSPS) is 12.0. The highest BCUT2D eigenvalue weighted by Gasteiger charge is 2.15. The fourth-order valence-corrected chi connectivity index (χ4v) is 4.00. The molecule has 0 saturated heterocycles. The third kappa shape index (κ3) is 4.73. The Balaban J connectivity index is 2.15. The van der Waals surface area contributed by atoms with Crippen molar-refractivity contribution < 1.29 is 16.8 Å². The summed E-state index contributed by atoms with van der Waals surface area (Å²) in [6.07, 6.45) is 1.11. The quantitative estimate of drug-likeness (QED) is 0.834. The topological polar surface area (TPSA) is 92.3 Å². The number of benzene rings is 1. The van der Waals surface area contributed by atoms with Crippen molar-refractivity contribution in [3.05, 3.63) is 41.8 Å². The number of sulfonamides is 1. The zero-order valence-electron chi connectivity index (χ0n) is 11.1. The van der Waals surface area contributed by atoms with E-state index in [0.29, 0.717) is 11.4 Å². The van der Waals surface area contributed by atoms with E-state index in [0.717, 1.165) is 17.6 Å². The average Bonchev–Trinajstić information content (AvgIpc) is 2.90. The SMILES string of the molecule is CS(=O)(=O)CNc1cccc(NS(=O)(=O)c2cccs2)c1. The van der Waals surface area contributed by atoms with E-state index in [1.165, 1.54) is 12.1 Å². The molecule has 0 aliphatic rings. The van der Waals surface area contributed by atoms with Gasteiger partial charge >= 0.3 is 0 Å². The first-order chi connectivity index (χ1) is 9.76. The third-order valence-corrected chi connectivity index (χ3v) is 5.86. The molecule has 0 aliphatic heterocycles. The molecule has 0 fully saturated rings. The van der Waals surface area contributed by atoms with Crippen molar-refractivity contribution in [3.8, 4) is 0 Å². The minimum atomic E-state index is -3.61. The summed E-state index contributed by atoms with van der Waals surface area (Å²) in [7, 11) is -6.76. The molecule has 0 spiro atoms. The number of rotatable bonds is 6. The molecule has 1 aromatic carbocycles. The van der Waals surface area contributed by atoms with E-state index in [1.54, 1.807) is 29.6 Å². The second kappa shape index (κ2) is 6.04. The molecule has 1 aromatic heterocycles. The molecule has 114 valence electrons. The third-order valence-electron chi connectivity index (χ3n) is 2.41. The summed E-state index contributed by atoms with van der Waals surface area (Å²) in [5.41, 5.74) is 0.883. The van der Waals surface area contributed by atoms with E-state index < -0.39 is 19.9 Å². The maximum Gasteiger partial charge on any atom is 0.271 e. The van der Waals surface area contributed by atoms with Gasteiger partial charge in [-0.05, 0) is 29.6 Å². The number of thiophene rings is 1. The minimum Gasteiger partial charge on any atom is -0.372 e. The summed E-state index contributed by atoms with van der Waals surface area (Å²) in [5, 5.41) is 4.40. The summed E-state index contributed by atoms with van der Waals surface area (Å²) < 4.78 is 49.0. The molecule has 0 unspecified atom stereocenters. The van der Waals surface area contributed by atoms with Gasteiger partial charge < -0.3 is 5.32 Å². The summed E-state index contributed by atoms with van der Waals surface area (Å²) >= 11 is 1.12. The predicted molar refractivity (Wildman–Crippen MR) is 84.9 cm³/mol. The van der Waals surface area contributed by atoms with Gasteiger partial charge in [-0.2, -0.15) is 0 Å². The van der Waals surface area contributed by atoms with Gasteiger partial charge in [-0.3, -0.25) is 4.72 Å². The van der Waals surface area contributed by atoms with Crippen LogP contribution in [0.5, 0.6) is 0 Å². The lowest BCUT2D eigenvalue weighted by atomic mass is 10.3. The molecule has 0 amide bonds. The van der Waals surface area contributed by atoms with Gasteiger partial charge in [0.05, 0.1) is 5.69 Å². The Morgan fingerprint density at radius 2 is 1.76 bits per heavy atom. The summed E-state index contributed by atoms with van der Waals surface area (Å²) in [6.45, 7) is 0. The van der Waals surface area contributed by atoms with Gasteiger partial charge in [0.1, 0.15) is 10.1 Å². The van der Waals surface area contributed by atoms with Crippen LogP contribution in [0.4, 0.5) is 11.4 Å². The van der Waals surface area contributed by atoms with Crippen LogP contribution in [0.3, 0.4) is 0 Å². The van der Waals surface area contributed by atoms with Crippen molar-refractivity contribution in [1.29, 1.82) is 0 Å². The van der Waals surface area contributed by atoms with Crippen molar-refractivity contribution >= 4 is 42.6 Å². The molecule has 6 nitrogen and oxygen atoms in total. The molecule has 0 saturated carbocycles. The van der Waals surface area contributed by atoms with Gasteiger partial charge in [-0.15, -0.1) is 11.3 Å². The zero-order valence-corrected chi connectivity index (χ0v) is 13.6. The number of hydrogen-bond donors (Lipinski definition) is 2. The second-order valence-corrected chi connectivity index (χ2v) is 9.36. The minimum absolute atomic E-state index is 0.214. The van der Waals surface area contributed by atoms with Crippen molar-refractivity contribution in [2.45, 2.75) is 4.21 Å². The number of nitrogens with one attached hydrogen (secondary N) is 2. The molecule has 0 aliphatic carbocycles. The number of anilines is 2. The monoisotopic (exact) mass is 346 g/mol. The van der Waals surface area contributed by atoms with Crippen molar-refractivity contribution in [2.75, 3.05) is 22.2 Å². The molecule has 1 heterocycles. The van der Waals surface area contributed by atoms with E-state index in [1.807, 2.05) is 0 Å². The molecule has 2 aromatic rings. The summed E-state index contributed by atoms with van der Waals surface area (Å²) in [4.78, 5) is 0. The molecular formula is C12H14N2O4S3. The van der Waals surface area contributed by atoms with Crippen LogP contribution < -0.4 is 10.0 Å². The van der Waals surface area contributed by atoms with E-state index >= 15 is 0 Å². The van der Waals surface area contributed by atoms with Crippen LogP contribution in [0.2, 0.25) is 0 Å². The maximum atomic E-state index is 12.1. The van der Waals surface area contributed by atoms with Crippen LogP contribution in [-0.2, 0) is 19.9 Å². The highest BCUT2D eigenvalue weighted by molar-refractivity contribution is 7.94. The zero-order chi connectivity index (χ0) is 15.5. The second-order valence-electron chi connectivity index (χ2n) is 4.37. The maximum absolute atomic E-state index is 12.1. The molecular weight excluding hydrogens is 332 g/mol. The van der Waals surface area contributed by atoms with Crippen molar-refractivity contribution in [3.63, 3.8) is 0 Å². The molecule has 0 atom stereocenters. The van der Waals surface area contributed by atoms with Gasteiger partial charge in [0.15, 0.2) is 9.84 Å². The van der Waals surface area contributed by atoms with Crippen LogP contribution in [0.1, 0.15) is 0 Å². The van der Waals surface area contributed by atoms with E-state index in [9.17, 15) is 16.8 Å². The Kier molecular flexibility index (Phi) is 4.55. The first-order valence-electron chi connectivity index (χ1n) is 5.84. The van der Waals surface area contributed by atoms with Gasteiger partial charge in [0.25, 0.3) is 10.0 Å². The Labute approximate surface area is 127 Å². The van der Waals surface area contributed by atoms with Gasteiger partial charge in [-0.1, -0.05) is 12.1 Å². The Hall–Kier alpha value is -1.58. The Bertz CT molecular complexity index is 812. The number of sulfone groups is 1. The predicted octanol–water partition coefficient (Wildman–Crippen LogP) is 1.96. The van der Waals surface area contributed by atoms with Crippen molar-refractivity contribution in [2.24, 2.45) is 0 Å². The average molecular weight is 346 g/mol. The number of hydrogen-bond acceptors (Lipinski definition) is 6. The Morgan fingerprint density at radius 3 is 2.38 bits per heavy atom. The van der Waals surface area contributed by atoms with Crippen molar-refractivity contribution in [1.82, 2.24) is 0 Å². The molecule has 9 heteroatoms. The Morgan fingerprint density at radius 1 is 1.05 bits per heavy atom. The van der Waals surface area contributed by atoms with Crippen LogP contribution in [0.25, 0.3) is 0 Å². The van der Waals surface area contributed by atoms with E-state index in [2.05, 4.69) is 10.0 Å². The largest absolute Gasteiger partial charge is 0.372 e. The van der Waals surface area contributed by atoms with E-state index in [-0.39, 0.29) is 10.1 Å². The fraction of sp³-hybridized carbons (Fsp3) is 0.167. The molecule has 21 heavy (non-hydrogen) atoms. The first-order valence-corrected chi connectivity index (χ1v) is 10.3. The summed E-state index contributed by atoms with van der Waals surface area (Å²) in [6, 6.07) is 9.60. The summed E-state index contributed by atoms with van der Waals surface area (Å²) in [5.74, 6) is -0.214. The highest BCUT2D eigenvalue weighted by atomic mass is 32.2. The molecule has 2 N–H and O–H groups in total. The van der Waals surface area contributed by atoms with Gasteiger partial charge in [0, 0.05) is 11.9 Å². The smallest absolute Gasteiger partial charge is 0.271 e. The molecule has 0 bridgehead atoms. The molecule has 0 radical (unpaired) electrons. The molecule has 2 rings (SSSR count). The lowest BCUT2D eigenvalue weighted by Crippen LogP contribution is -2.13. The van der Waals surface area contributed by atoms with Gasteiger partial charge in [0.2, 0.25) is 0 Å². The van der Waals surface area contributed by atoms with Crippen LogP contribution >= 0.6 is 11.3 Å². The van der Waals surface area contributed by atoms with E-state index in [4.69, 9.17) is 0 Å². The fourth-order valence-electron chi connectivity index (χ4n) is 1.53. The van der Waals surface area contributed by atoms with Crippen LogP contribution in [0, 0.1) is 0 Å². The first kappa shape index (κ1) is 15.8. The van der Waals surface area contributed by atoms with Crippen LogP contribution in [-0.4, -0.2) is 29.0 Å². The highest BCUT2D eigenvalue weighted by Crippen LogP contribution is 2.22. The lowest BCUT2D eigenvalue weighted by molar-refractivity contribution is 0.601. The lowest BCUT2D eigenvalue weighted by Gasteiger charge is -2.09.